The topological polar surface area (TPSA) is 14.1 Å². The Kier molecular flexibility index (Phi) is 12.9. The molecule has 0 bridgehead atoms. The van der Waals surface area contributed by atoms with E-state index in [0.717, 1.165) is 6.54 Å². The fourth-order valence-corrected chi connectivity index (χ4v) is 2.82. The molecule has 19 heavy (non-hydrogen) atoms. The normalized spacial score (nSPS) is 12.0. The average Bonchev–Trinajstić information content (AvgIpc) is 2.45. The average molecular weight is 269 g/mol. The zero-order chi connectivity index (χ0) is 14.4. The number of hydrogen-bond acceptors (Lipinski definition) is 0. The van der Waals surface area contributed by atoms with Crippen molar-refractivity contribution >= 4 is 0 Å². The Hall–Kier alpha value is -0.0400. The van der Waals surface area contributed by atoms with E-state index in [-0.39, 0.29) is 0 Å². The maximum absolute atomic E-state index is 5.08. The van der Waals surface area contributed by atoms with Gasteiger partial charge in [0.1, 0.15) is 0 Å². The molecule has 0 aromatic heterocycles. The van der Waals surface area contributed by atoms with Crippen molar-refractivity contribution in [3.63, 3.8) is 0 Å². The molecule has 0 fully saturated rings. The van der Waals surface area contributed by atoms with E-state index in [1.807, 2.05) is 0 Å². The Labute approximate surface area is 122 Å². The lowest BCUT2D eigenvalue weighted by Gasteiger charge is -2.31. The van der Waals surface area contributed by atoms with Gasteiger partial charge < -0.3 is 0 Å². The molecule has 115 valence electrons. The molecule has 0 rings (SSSR count). The van der Waals surface area contributed by atoms with Gasteiger partial charge in [-0.05, 0) is 25.7 Å². The third kappa shape index (κ3) is 9.49. The molecule has 0 atom stereocenters. The third-order valence-electron chi connectivity index (χ3n) is 4.52. The summed E-state index contributed by atoms with van der Waals surface area (Å²) < 4.78 is 0. The van der Waals surface area contributed by atoms with Gasteiger partial charge in [0, 0.05) is 12.1 Å². The van der Waals surface area contributed by atoms with Gasteiger partial charge >= 0.3 is 0 Å². The second kappa shape index (κ2) is 13.0. The van der Waals surface area contributed by atoms with Crippen molar-refractivity contribution in [1.29, 1.82) is 0 Å². The summed E-state index contributed by atoms with van der Waals surface area (Å²) in [6, 6.07) is 0. The van der Waals surface area contributed by atoms with Crippen LogP contribution >= 0.6 is 0 Å². The second-order valence-electron chi connectivity index (χ2n) is 6.04. The Morgan fingerprint density at radius 1 is 0.632 bits per heavy atom. The molecule has 1 heteroatoms. The van der Waals surface area contributed by atoms with Crippen LogP contribution in [0.1, 0.15) is 105 Å². The van der Waals surface area contributed by atoms with E-state index in [2.05, 4.69) is 27.7 Å². The largest absolute Gasteiger partial charge is 0.235 e. The number of hydrogen-bond donors (Lipinski definition) is 0. The van der Waals surface area contributed by atoms with Gasteiger partial charge in [-0.3, -0.25) is 0 Å². The van der Waals surface area contributed by atoms with Crippen molar-refractivity contribution in [2.24, 2.45) is 0 Å². The summed E-state index contributed by atoms with van der Waals surface area (Å²) in [5.41, 5.74) is 0.304. The predicted octanol–water partition coefficient (Wildman–Crippen LogP) is 6.09. The van der Waals surface area contributed by atoms with Gasteiger partial charge in [0.2, 0.25) is 0 Å². The molecule has 0 spiro atoms. The molecule has 0 amide bonds. The quantitative estimate of drug-likeness (QED) is 0.338. The molecular formula is C18H38N. The van der Waals surface area contributed by atoms with Gasteiger partial charge in [-0.2, -0.15) is 0 Å². The maximum Gasteiger partial charge on any atom is 0.0351 e. The number of nitrogens with zero attached hydrogens (tertiary/aromatic N) is 1. The summed E-state index contributed by atoms with van der Waals surface area (Å²) in [4.78, 5) is 0. The minimum absolute atomic E-state index is 0.304. The van der Waals surface area contributed by atoms with Crippen LogP contribution in [0.15, 0.2) is 0 Å². The molecule has 0 saturated carbocycles. The van der Waals surface area contributed by atoms with Gasteiger partial charge in [-0.15, -0.1) is 0 Å². The Morgan fingerprint density at radius 2 is 1.16 bits per heavy atom. The lowest BCUT2D eigenvalue weighted by atomic mass is 9.86. The standard InChI is InChI=1S/C18H38N/c1-5-9-11-12-13-15-17-19-18(7-3,8-4)16-14-10-6-2/h5-17H2,1-4H3. The molecular weight excluding hydrogens is 230 g/mol. The summed E-state index contributed by atoms with van der Waals surface area (Å²) in [5.74, 6) is 0. The molecule has 0 aromatic rings. The van der Waals surface area contributed by atoms with Crippen LogP contribution in [0.2, 0.25) is 0 Å². The number of unbranched alkanes of at least 4 members (excludes halogenated alkanes) is 7. The smallest absolute Gasteiger partial charge is 0.0351 e. The van der Waals surface area contributed by atoms with Crippen LogP contribution in [-0.4, -0.2) is 12.1 Å². The SMILES string of the molecule is CCCCCCCC[N]C(CC)(CC)CCCCC. The molecule has 0 aliphatic carbocycles. The van der Waals surface area contributed by atoms with Crippen molar-refractivity contribution in [3.8, 4) is 0 Å². The molecule has 0 aliphatic rings. The molecule has 0 unspecified atom stereocenters. The molecule has 0 aromatic carbocycles. The van der Waals surface area contributed by atoms with Gasteiger partial charge in [-0.1, -0.05) is 79.1 Å². The molecule has 0 N–H and O–H groups in total. The Bertz CT molecular complexity index is 173. The molecule has 1 radical (unpaired) electrons. The van der Waals surface area contributed by atoms with Crippen molar-refractivity contribution in [3.05, 3.63) is 0 Å². The predicted molar refractivity (Wildman–Crippen MR) is 87.8 cm³/mol. The second-order valence-corrected chi connectivity index (χ2v) is 6.04. The van der Waals surface area contributed by atoms with Crippen molar-refractivity contribution in [1.82, 2.24) is 5.32 Å². The summed E-state index contributed by atoms with van der Waals surface area (Å²) in [6.07, 6.45) is 16.1. The van der Waals surface area contributed by atoms with E-state index in [1.54, 1.807) is 0 Å². The van der Waals surface area contributed by atoms with Crippen molar-refractivity contribution in [2.45, 2.75) is 110 Å². The van der Waals surface area contributed by atoms with Crippen LogP contribution < -0.4 is 5.32 Å². The van der Waals surface area contributed by atoms with E-state index in [1.165, 1.54) is 77.0 Å². The van der Waals surface area contributed by atoms with Crippen LogP contribution in [0.4, 0.5) is 0 Å². The minimum atomic E-state index is 0.304. The summed E-state index contributed by atoms with van der Waals surface area (Å²) in [6.45, 7) is 10.3. The highest BCUT2D eigenvalue weighted by atomic mass is 15.0. The molecule has 0 aliphatic heterocycles. The van der Waals surface area contributed by atoms with Gasteiger partial charge in [0.25, 0.3) is 0 Å². The molecule has 0 heterocycles. The first-order valence-electron chi connectivity index (χ1n) is 8.93. The van der Waals surface area contributed by atoms with E-state index in [4.69, 9.17) is 5.32 Å². The fourth-order valence-electron chi connectivity index (χ4n) is 2.82. The molecule has 1 nitrogen and oxygen atoms in total. The Morgan fingerprint density at radius 3 is 1.74 bits per heavy atom. The summed E-state index contributed by atoms with van der Waals surface area (Å²) >= 11 is 0. The summed E-state index contributed by atoms with van der Waals surface area (Å²) in [5, 5.41) is 5.08. The van der Waals surface area contributed by atoms with Crippen molar-refractivity contribution < 1.29 is 0 Å². The first-order chi connectivity index (χ1) is 9.24. The maximum atomic E-state index is 5.08. The first kappa shape index (κ1) is 19.0. The third-order valence-corrected chi connectivity index (χ3v) is 4.52. The van der Waals surface area contributed by atoms with Crippen LogP contribution in [-0.2, 0) is 0 Å². The summed E-state index contributed by atoms with van der Waals surface area (Å²) in [7, 11) is 0. The van der Waals surface area contributed by atoms with E-state index in [0.29, 0.717) is 5.54 Å². The highest BCUT2D eigenvalue weighted by molar-refractivity contribution is 4.84. The van der Waals surface area contributed by atoms with Crippen molar-refractivity contribution in [2.75, 3.05) is 6.54 Å². The zero-order valence-electron chi connectivity index (χ0n) is 14.1. The monoisotopic (exact) mass is 268 g/mol. The van der Waals surface area contributed by atoms with Gasteiger partial charge in [0.05, 0.1) is 0 Å². The highest BCUT2D eigenvalue weighted by Gasteiger charge is 2.25. The Balaban J connectivity index is 3.74. The van der Waals surface area contributed by atoms with Crippen LogP contribution in [0.3, 0.4) is 0 Å². The van der Waals surface area contributed by atoms with Crippen LogP contribution in [0, 0.1) is 0 Å². The van der Waals surface area contributed by atoms with Gasteiger partial charge in [-0.25, -0.2) is 5.32 Å². The zero-order valence-corrected chi connectivity index (χ0v) is 14.1. The fraction of sp³-hybridized carbons (Fsp3) is 1.00. The lowest BCUT2D eigenvalue weighted by Crippen LogP contribution is -2.39. The van der Waals surface area contributed by atoms with Gasteiger partial charge in [0.15, 0.2) is 0 Å². The highest BCUT2D eigenvalue weighted by Crippen LogP contribution is 2.24. The first-order valence-corrected chi connectivity index (χ1v) is 8.93. The van der Waals surface area contributed by atoms with Crippen LogP contribution in [0.25, 0.3) is 0 Å². The number of rotatable bonds is 14. The lowest BCUT2D eigenvalue weighted by molar-refractivity contribution is 0.262. The van der Waals surface area contributed by atoms with E-state index >= 15 is 0 Å². The van der Waals surface area contributed by atoms with Crippen LogP contribution in [0.5, 0.6) is 0 Å². The minimum Gasteiger partial charge on any atom is -0.235 e. The van der Waals surface area contributed by atoms with E-state index in [9.17, 15) is 0 Å². The molecule has 0 saturated heterocycles. The van der Waals surface area contributed by atoms with E-state index < -0.39 is 0 Å².